The number of rotatable bonds is 7. The highest BCUT2D eigenvalue weighted by atomic mass is 16.2. The van der Waals surface area contributed by atoms with E-state index in [4.69, 9.17) is 5.73 Å². The number of carbonyl (C=O) groups excluding carboxylic acids is 3. The van der Waals surface area contributed by atoms with Crippen LogP contribution in [0.15, 0.2) is 79.4 Å². The summed E-state index contributed by atoms with van der Waals surface area (Å²) in [6.07, 6.45) is 4.53. The zero-order valence-corrected chi connectivity index (χ0v) is 16.4. The molecule has 4 rings (SSSR count). The van der Waals surface area contributed by atoms with Crippen LogP contribution in [0, 0.1) is 0 Å². The van der Waals surface area contributed by atoms with Crippen molar-refractivity contribution in [1.82, 2.24) is 19.9 Å². The van der Waals surface area contributed by atoms with Gasteiger partial charge < -0.3 is 11.1 Å². The molecule has 4 aromatic rings. The molecule has 2 aromatic heterocycles. The maximum absolute atomic E-state index is 12.9. The number of hydrogen-bond acceptors (Lipinski definition) is 5. The molecule has 2 amide bonds. The minimum atomic E-state index is -1.11. The highest BCUT2D eigenvalue weighted by molar-refractivity contribution is 6.38. The van der Waals surface area contributed by atoms with E-state index < -0.39 is 23.6 Å². The topological polar surface area (TPSA) is 120 Å². The van der Waals surface area contributed by atoms with Crippen LogP contribution in [0.5, 0.6) is 0 Å². The third-order valence-corrected chi connectivity index (χ3v) is 4.89. The van der Waals surface area contributed by atoms with Gasteiger partial charge in [-0.25, -0.2) is 9.97 Å². The fourth-order valence-electron chi connectivity index (χ4n) is 3.36. The molecule has 0 aliphatic rings. The average molecular weight is 413 g/mol. The minimum Gasteiger partial charge on any atom is -0.363 e. The summed E-state index contributed by atoms with van der Waals surface area (Å²) in [6, 6.07) is 17.6. The molecule has 0 bridgehead atoms. The Morgan fingerprint density at radius 2 is 1.77 bits per heavy atom. The molecule has 0 saturated heterocycles. The Morgan fingerprint density at radius 1 is 1.00 bits per heavy atom. The smallest absolute Gasteiger partial charge is 0.287 e. The Labute approximate surface area is 177 Å². The fourth-order valence-corrected chi connectivity index (χ4v) is 3.36. The van der Waals surface area contributed by atoms with E-state index in [2.05, 4.69) is 15.3 Å². The molecule has 8 heteroatoms. The molecule has 1 unspecified atom stereocenters. The number of fused-ring (bicyclic) bond motifs is 1. The molecule has 2 aromatic carbocycles. The molecule has 0 aliphatic carbocycles. The first-order valence-corrected chi connectivity index (χ1v) is 9.59. The van der Waals surface area contributed by atoms with Crippen molar-refractivity contribution in [2.24, 2.45) is 5.73 Å². The number of ketones is 1. The summed E-state index contributed by atoms with van der Waals surface area (Å²) >= 11 is 0. The molecule has 3 N–H and O–H groups in total. The van der Waals surface area contributed by atoms with Crippen molar-refractivity contribution in [2.75, 3.05) is 0 Å². The summed E-state index contributed by atoms with van der Waals surface area (Å²) in [5, 5.41) is 4.67. The van der Waals surface area contributed by atoms with Crippen LogP contribution in [0.25, 0.3) is 16.6 Å². The zero-order chi connectivity index (χ0) is 21.8. The number of aromatic nitrogens is 3. The summed E-state index contributed by atoms with van der Waals surface area (Å²) in [6.45, 7) is 0. The SMILES string of the molecule is NC(=O)C(=O)C(Cc1ccc2ccccc2c1)NC(=O)c1cncn1-c1ccccn1. The summed E-state index contributed by atoms with van der Waals surface area (Å²) in [4.78, 5) is 45.2. The molecule has 0 saturated carbocycles. The maximum Gasteiger partial charge on any atom is 0.287 e. The van der Waals surface area contributed by atoms with Gasteiger partial charge in [0.15, 0.2) is 0 Å². The van der Waals surface area contributed by atoms with Crippen molar-refractivity contribution in [3.8, 4) is 5.82 Å². The predicted molar refractivity (Wildman–Crippen MR) is 114 cm³/mol. The summed E-state index contributed by atoms with van der Waals surface area (Å²) in [5.41, 5.74) is 6.20. The van der Waals surface area contributed by atoms with Gasteiger partial charge in [0, 0.05) is 12.6 Å². The first-order chi connectivity index (χ1) is 15.0. The Hall–Kier alpha value is -4.33. The number of carbonyl (C=O) groups is 3. The number of amides is 2. The minimum absolute atomic E-state index is 0.121. The molecular formula is C23H19N5O3. The lowest BCUT2D eigenvalue weighted by molar-refractivity contribution is -0.137. The molecule has 0 aliphatic heterocycles. The van der Waals surface area contributed by atoms with Crippen molar-refractivity contribution in [3.63, 3.8) is 0 Å². The molecule has 0 spiro atoms. The van der Waals surface area contributed by atoms with Crippen LogP contribution in [0.4, 0.5) is 0 Å². The zero-order valence-electron chi connectivity index (χ0n) is 16.4. The lowest BCUT2D eigenvalue weighted by Crippen LogP contribution is -2.47. The van der Waals surface area contributed by atoms with Crippen LogP contribution in [-0.4, -0.2) is 38.2 Å². The predicted octanol–water partition coefficient (Wildman–Crippen LogP) is 1.82. The monoisotopic (exact) mass is 413 g/mol. The van der Waals surface area contributed by atoms with Crippen LogP contribution in [0.2, 0.25) is 0 Å². The molecule has 0 radical (unpaired) electrons. The quantitative estimate of drug-likeness (QED) is 0.448. The maximum atomic E-state index is 12.9. The van der Waals surface area contributed by atoms with Crippen molar-refractivity contribution < 1.29 is 14.4 Å². The van der Waals surface area contributed by atoms with E-state index in [-0.39, 0.29) is 12.1 Å². The highest BCUT2D eigenvalue weighted by Crippen LogP contribution is 2.17. The van der Waals surface area contributed by atoms with E-state index >= 15 is 0 Å². The van der Waals surface area contributed by atoms with Gasteiger partial charge in [0.2, 0.25) is 5.78 Å². The van der Waals surface area contributed by atoms with Gasteiger partial charge in [-0.15, -0.1) is 0 Å². The van der Waals surface area contributed by atoms with Gasteiger partial charge in [-0.2, -0.15) is 0 Å². The van der Waals surface area contributed by atoms with Gasteiger partial charge >= 0.3 is 0 Å². The van der Waals surface area contributed by atoms with Crippen molar-refractivity contribution >= 4 is 28.4 Å². The fraction of sp³-hybridized carbons (Fsp3) is 0.0870. The first-order valence-electron chi connectivity index (χ1n) is 9.59. The van der Waals surface area contributed by atoms with Crippen LogP contribution in [-0.2, 0) is 16.0 Å². The Bertz CT molecular complexity index is 1270. The number of primary amides is 1. The second-order valence-electron chi connectivity index (χ2n) is 6.98. The largest absolute Gasteiger partial charge is 0.363 e. The molecule has 0 fully saturated rings. The normalized spacial score (nSPS) is 11.7. The van der Waals surface area contributed by atoms with Gasteiger partial charge in [0.25, 0.3) is 11.8 Å². The first kappa shape index (κ1) is 20.0. The van der Waals surface area contributed by atoms with E-state index in [9.17, 15) is 14.4 Å². The Morgan fingerprint density at radius 3 is 2.52 bits per heavy atom. The van der Waals surface area contributed by atoms with Crippen LogP contribution < -0.4 is 11.1 Å². The summed E-state index contributed by atoms with van der Waals surface area (Å²) in [7, 11) is 0. The second kappa shape index (κ2) is 8.58. The molecule has 8 nitrogen and oxygen atoms in total. The van der Waals surface area contributed by atoms with E-state index in [0.29, 0.717) is 5.82 Å². The lowest BCUT2D eigenvalue weighted by Gasteiger charge is -2.17. The van der Waals surface area contributed by atoms with Gasteiger partial charge in [0.1, 0.15) is 23.9 Å². The number of pyridine rings is 1. The van der Waals surface area contributed by atoms with Crippen molar-refractivity contribution in [1.29, 1.82) is 0 Å². The van der Waals surface area contributed by atoms with E-state index in [1.165, 1.54) is 17.1 Å². The molecule has 31 heavy (non-hydrogen) atoms. The number of nitrogens with two attached hydrogens (primary N) is 1. The average Bonchev–Trinajstić information content (AvgIpc) is 3.29. The third kappa shape index (κ3) is 4.32. The van der Waals surface area contributed by atoms with E-state index in [0.717, 1.165) is 16.3 Å². The van der Waals surface area contributed by atoms with Gasteiger partial charge in [-0.1, -0.05) is 48.5 Å². The number of hydrogen-bond donors (Lipinski definition) is 2. The lowest BCUT2D eigenvalue weighted by atomic mass is 9.99. The summed E-state index contributed by atoms with van der Waals surface area (Å²) < 4.78 is 1.50. The highest BCUT2D eigenvalue weighted by Gasteiger charge is 2.27. The number of nitrogens with zero attached hydrogens (tertiary/aromatic N) is 3. The summed E-state index contributed by atoms with van der Waals surface area (Å²) in [5.74, 6) is -2.05. The van der Waals surface area contributed by atoms with Crippen LogP contribution in [0.1, 0.15) is 16.1 Å². The van der Waals surface area contributed by atoms with Gasteiger partial charge in [-0.05, 0) is 28.5 Å². The second-order valence-corrected chi connectivity index (χ2v) is 6.98. The standard InChI is InChI=1S/C23H19N5O3/c24-22(30)21(29)18(12-15-8-9-16-5-1-2-6-17(16)11-15)27-23(31)19-13-25-14-28(19)20-7-3-4-10-26-20/h1-11,13-14,18H,12H2,(H2,24,30)(H,27,31). The Kier molecular flexibility index (Phi) is 5.53. The molecule has 1 atom stereocenters. The van der Waals surface area contributed by atoms with E-state index in [1.807, 2.05) is 42.5 Å². The third-order valence-electron chi connectivity index (χ3n) is 4.89. The van der Waals surface area contributed by atoms with Gasteiger partial charge in [0.05, 0.1) is 6.20 Å². The van der Waals surface area contributed by atoms with Crippen LogP contribution >= 0.6 is 0 Å². The van der Waals surface area contributed by atoms with Gasteiger partial charge in [-0.3, -0.25) is 19.0 Å². The number of benzene rings is 2. The molecular weight excluding hydrogens is 394 g/mol. The molecule has 2 heterocycles. The van der Waals surface area contributed by atoms with Crippen LogP contribution in [0.3, 0.4) is 0 Å². The Balaban J connectivity index is 1.60. The number of imidazole rings is 1. The number of nitrogens with one attached hydrogen (secondary N) is 1. The van der Waals surface area contributed by atoms with Crippen molar-refractivity contribution in [2.45, 2.75) is 12.5 Å². The van der Waals surface area contributed by atoms with Crippen molar-refractivity contribution in [3.05, 3.63) is 90.6 Å². The molecule has 154 valence electrons. The van der Waals surface area contributed by atoms with E-state index in [1.54, 1.807) is 24.4 Å². The number of Topliss-reactive ketones (excluding diaryl/α,β-unsaturated/α-hetero) is 1.